The molecule has 0 aromatic heterocycles. The van der Waals surface area contributed by atoms with E-state index in [1.807, 2.05) is 12.1 Å². The Balaban J connectivity index is 2.56. The molecule has 76 valence electrons. The highest BCUT2D eigenvalue weighted by atomic mass is 35.5. The van der Waals surface area contributed by atoms with Crippen LogP contribution >= 0.6 is 11.6 Å². The van der Waals surface area contributed by atoms with Gasteiger partial charge in [-0.05, 0) is 30.4 Å². The highest BCUT2D eigenvalue weighted by molar-refractivity contribution is 6.69. The molecule has 0 amide bonds. The lowest BCUT2D eigenvalue weighted by atomic mass is 9.89. The first-order valence-corrected chi connectivity index (χ1v) is 5.37. The Kier molecular flexibility index (Phi) is 3.01. The number of hydrogen-bond acceptors (Lipinski definition) is 2. The molecular weight excluding hydrogens is 208 g/mol. The van der Waals surface area contributed by atoms with E-state index in [1.54, 1.807) is 0 Å². The van der Waals surface area contributed by atoms with Gasteiger partial charge in [0.05, 0.1) is 7.85 Å². The van der Waals surface area contributed by atoms with E-state index in [9.17, 15) is 0 Å². The third-order valence-corrected chi connectivity index (χ3v) is 3.19. The minimum absolute atomic E-state index is 0.164. The van der Waals surface area contributed by atoms with Crippen molar-refractivity contribution in [3.63, 3.8) is 0 Å². The number of halogens is 1. The SMILES string of the molecule is [B]Cc1ccc(/C(Cl)=N/O)c2c1CCC2. The molecule has 1 aliphatic rings. The Morgan fingerprint density at radius 2 is 2.13 bits per heavy atom. The summed E-state index contributed by atoms with van der Waals surface area (Å²) in [6.07, 6.45) is 3.71. The summed E-state index contributed by atoms with van der Waals surface area (Å²) >= 11 is 5.84. The van der Waals surface area contributed by atoms with E-state index in [0.717, 1.165) is 24.8 Å². The van der Waals surface area contributed by atoms with E-state index < -0.39 is 0 Å². The molecule has 2 nitrogen and oxygen atoms in total. The van der Waals surface area contributed by atoms with Crippen molar-refractivity contribution in [2.75, 3.05) is 0 Å². The van der Waals surface area contributed by atoms with Crippen molar-refractivity contribution in [2.24, 2.45) is 5.16 Å². The maximum absolute atomic E-state index is 8.68. The fourth-order valence-electron chi connectivity index (χ4n) is 2.22. The van der Waals surface area contributed by atoms with Crippen LogP contribution < -0.4 is 0 Å². The van der Waals surface area contributed by atoms with Gasteiger partial charge in [-0.25, -0.2) is 0 Å². The molecule has 2 radical (unpaired) electrons. The lowest BCUT2D eigenvalue weighted by Crippen LogP contribution is -2.01. The molecule has 0 aliphatic heterocycles. The minimum atomic E-state index is 0.164. The molecular formula is C11H11BClNO. The fraction of sp³-hybridized carbons (Fsp3) is 0.364. The van der Waals surface area contributed by atoms with Crippen LogP contribution in [0.4, 0.5) is 0 Å². The van der Waals surface area contributed by atoms with Gasteiger partial charge in [0.25, 0.3) is 0 Å². The van der Waals surface area contributed by atoms with Crippen LogP contribution in [0.1, 0.15) is 28.7 Å². The molecule has 1 N–H and O–H groups in total. The van der Waals surface area contributed by atoms with Crippen molar-refractivity contribution in [3.05, 3.63) is 34.4 Å². The summed E-state index contributed by atoms with van der Waals surface area (Å²) < 4.78 is 0. The molecule has 0 unspecified atom stereocenters. The summed E-state index contributed by atoms with van der Waals surface area (Å²) in [6, 6.07) is 3.85. The Labute approximate surface area is 95.3 Å². The lowest BCUT2D eigenvalue weighted by Gasteiger charge is -2.10. The molecule has 0 bridgehead atoms. The van der Waals surface area contributed by atoms with Crippen LogP contribution in [0.15, 0.2) is 17.3 Å². The molecule has 0 spiro atoms. The monoisotopic (exact) mass is 219 g/mol. The first kappa shape index (κ1) is 10.6. The minimum Gasteiger partial charge on any atom is -0.410 e. The average Bonchev–Trinajstić information content (AvgIpc) is 2.75. The zero-order valence-corrected chi connectivity index (χ0v) is 9.09. The van der Waals surface area contributed by atoms with Gasteiger partial charge in [-0.1, -0.05) is 40.8 Å². The van der Waals surface area contributed by atoms with Gasteiger partial charge in [0.15, 0.2) is 5.17 Å². The molecule has 15 heavy (non-hydrogen) atoms. The highest BCUT2D eigenvalue weighted by Crippen LogP contribution is 2.29. The van der Waals surface area contributed by atoms with Gasteiger partial charge in [-0.2, -0.15) is 0 Å². The van der Waals surface area contributed by atoms with Gasteiger partial charge in [-0.3, -0.25) is 0 Å². The van der Waals surface area contributed by atoms with E-state index in [4.69, 9.17) is 24.7 Å². The van der Waals surface area contributed by atoms with E-state index in [-0.39, 0.29) is 5.17 Å². The molecule has 0 saturated carbocycles. The zero-order valence-electron chi connectivity index (χ0n) is 8.33. The molecule has 1 aromatic rings. The standard InChI is InChI=1S/C11H11BClNO/c12-6-7-4-5-10(11(13)14-15)9-3-1-2-8(7)9/h4-5,15H,1-3,6H2/b14-11-. The Hall–Kier alpha value is -0.955. The van der Waals surface area contributed by atoms with Gasteiger partial charge in [0.2, 0.25) is 0 Å². The molecule has 0 atom stereocenters. The number of benzene rings is 1. The second kappa shape index (κ2) is 4.27. The van der Waals surface area contributed by atoms with Crippen LogP contribution in [0.2, 0.25) is 0 Å². The smallest absolute Gasteiger partial charge is 0.175 e. The third kappa shape index (κ3) is 1.76. The predicted molar refractivity (Wildman–Crippen MR) is 62.1 cm³/mol. The Bertz CT molecular complexity index is 417. The Morgan fingerprint density at radius 3 is 2.80 bits per heavy atom. The van der Waals surface area contributed by atoms with Crippen molar-refractivity contribution in [1.29, 1.82) is 0 Å². The summed E-state index contributed by atoms with van der Waals surface area (Å²) in [5.74, 6) is 0. The summed E-state index contributed by atoms with van der Waals surface area (Å²) in [5.41, 5.74) is 4.50. The van der Waals surface area contributed by atoms with E-state index in [1.165, 1.54) is 16.7 Å². The van der Waals surface area contributed by atoms with Crippen molar-refractivity contribution >= 4 is 24.6 Å². The molecule has 0 saturated heterocycles. The quantitative estimate of drug-likeness (QED) is 0.352. The normalized spacial score (nSPS) is 15.4. The second-order valence-corrected chi connectivity index (χ2v) is 4.04. The summed E-state index contributed by atoms with van der Waals surface area (Å²) in [5, 5.41) is 11.9. The number of oxime groups is 1. The largest absolute Gasteiger partial charge is 0.410 e. The number of nitrogens with zero attached hydrogens (tertiary/aromatic N) is 1. The van der Waals surface area contributed by atoms with Gasteiger partial charge in [-0.15, -0.1) is 0 Å². The van der Waals surface area contributed by atoms with Crippen LogP contribution in [0.3, 0.4) is 0 Å². The van der Waals surface area contributed by atoms with E-state index >= 15 is 0 Å². The topological polar surface area (TPSA) is 32.6 Å². The first-order chi connectivity index (χ1) is 7.27. The summed E-state index contributed by atoms with van der Waals surface area (Å²) in [4.78, 5) is 0. The van der Waals surface area contributed by atoms with Crippen molar-refractivity contribution in [3.8, 4) is 0 Å². The van der Waals surface area contributed by atoms with Crippen LogP contribution in [0.25, 0.3) is 0 Å². The van der Waals surface area contributed by atoms with Gasteiger partial charge < -0.3 is 5.21 Å². The van der Waals surface area contributed by atoms with Crippen molar-refractivity contribution in [1.82, 2.24) is 0 Å². The highest BCUT2D eigenvalue weighted by Gasteiger charge is 2.19. The molecule has 0 heterocycles. The molecule has 1 aromatic carbocycles. The second-order valence-electron chi connectivity index (χ2n) is 3.68. The van der Waals surface area contributed by atoms with Gasteiger partial charge in [0.1, 0.15) is 0 Å². The van der Waals surface area contributed by atoms with Crippen LogP contribution in [0.5, 0.6) is 0 Å². The molecule has 4 heteroatoms. The van der Waals surface area contributed by atoms with E-state index in [2.05, 4.69) is 5.16 Å². The average molecular weight is 219 g/mol. The Morgan fingerprint density at radius 1 is 1.40 bits per heavy atom. The van der Waals surface area contributed by atoms with Gasteiger partial charge in [0, 0.05) is 5.56 Å². The van der Waals surface area contributed by atoms with Crippen molar-refractivity contribution < 1.29 is 5.21 Å². The lowest BCUT2D eigenvalue weighted by molar-refractivity contribution is 0.321. The molecule has 0 fully saturated rings. The van der Waals surface area contributed by atoms with Gasteiger partial charge >= 0.3 is 0 Å². The van der Waals surface area contributed by atoms with Crippen LogP contribution in [-0.2, 0) is 19.2 Å². The predicted octanol–water partition coefficient (Wildman–Crippen LogP) is 2.22. The zero-order chi connectivity index (χ0) is 10.8. The van der Waals surface area contributed by atoms with Crippen molar-refractivity contribution in [2.45, 2.75) is 25.6 Å². The first-order valence-electron chi connectivity index (χ1n) is 4.99. The van der Waals surface area contributed by atoms with E-state index in [0.29, 0.717) is 6.32 Å². The number of fused-ring (bicyclic) bond motifs is 1. The summed E-state index contributed by atoms with van der Waals surface area (Å²) in [7, 11) is 5.67. The third-order valence-electron chi connectivity index (χ3n) is 2.91. The number of rotatable bonds is 2. The summed E-state index contributed by atoms with van der Waals surface area (Å²) in [6.45, 7) is 0. The maximum atomic E-state index is 8.68. The number of hydrogen-bond donors (Lipinski definition) is 1. The van der Waals surface area contributed by atoms with Crippen LogP contribution in [0, 0.1) is 0 Å². The molecule has 1 aliphatic carbocycles. The molecule has 2 rings (SSSR count). The fourth-order valence-corrected chi connectivity index (χ4v) is 2.40. The van der Waals surface area contributed by atoms with Crippen LogP contribution in [-0.4, -0.2) is 18.2 Å². The maximum Gasteiger partial charge on any atom is 0.175 e.